The predicted molar refractivity (Wildman–Crippen MR) is 178 cm³/mol. The third kappa shape index (κ3) is 7.24. The van der Waals surface area contributed by atoms with Crippen molar-refractivity contribution in [2.75, 3.05) is 16.2 Å². The minimum Gasteiger partial charge on any atom is -0.398 e. The van der Waals surface area contributed by atoms with Gasteiger partial charge in [-0.05, 0) is 53.1 Å². The first-order valence-electron chi connectivity index (χ1n) is 14.6. The van der Waals surface area contributed by atoms with Gasteiger partial charge in [-0.25, -0.2) is 8.42 Å². The molecule has 4 N–H and O–H groups in total. The van der Waals surface area contributed by atoms with Crippen LogP contribution in [-0.2, 0) is 26.1 Å². The average Bonchev–Trinajstić information content (AvgIpc) is 3.08. The van der Waals surface area contributed by atoms with Crippen molar-refractivity contribution in [3.8, 4) is 0 Å². The minimum atomic E-state index is -3.79. The number of nitrogen functional groups attached to an aromatic ring is 1. The Morgan fingerprint density at radius 2 is 1.40 bits per heavy atom. The number of rotatable bonds is 10. The Hall–Kier alpha value is -4.12. The summed E-state index contributed by atoms with van der Waals surface area (Å²) in [5.41, 5.74) is 10.9. The van der Waals surface area contributed by atoms with E-state index >= 15 is 0 Å². The number of nitrogens with two attached hydrogens (primary N) is 1. The number of hydrogen-bond donors (Lipinski definition) is 3. The standard InChI is InChI=1S/C36H34N2O5S2/c37-31-16-7-8-17-33(31)44-24-32-34(26-10-3-1-4-11-26)35(27-20-18-25(23-39)19-21-27)43-36(42-32)28-12-9-13-29(22-28)38-45(40,41)30-14-5-2-6-15-30/h1-22,32,34-36,38-39H,23-24,37H2/t32-,34-,35+,36?/m1/s1. The van der Waals surface area contributed by atoms with Crippen molar-refractivity contribution in [3.05, 3.63) is 156 Å². The van der Waals surface area contributed by atoms with Gasteiger partial charge < -0.3 is 20.3 Å². The van der Waals surface area contributed by atoms with Crippen LogP contribution in [0.4, 0.5) is 11.4 Å². The van der Waals surface area contributed by atoms with Crippen LogP contribution in [0.5, 0.6) is 0 Å². The highest BCUT2D eigenvalue weighted by molar-refractivity contribution is 7.99. The van der Waals surface area contributed by atoms with Gasteiger partial charge in [-0.1, -0.05) is 97.1 Å². The Kier molecular flexibility index (Phi) is 9.53. The van der Waals surface area contributed by atoms with Gasteiger partial charge in [0.05, 0.1) is 23.7 Å². The van der Waals surface area contributed by atoms with E-state index in [1.54, 1.807) is 60.3 Å². The molecule has 0 aliphatic carbocycles. The summed E-state index contributed by atoms with van der Waals surface area (Å²) in [5.74, 6) is 0.429. The number of benzene rings is 5. The molecule has 6 rings (SSSR count). The lowest BCUT2D eigenvalue weighted by molar-refractivity contribution is -0.255. The molecule has 0 radical (unpaired) electrons. The first-order chi connectivity index (χ1) is 21.9. The summed E-state index contributed by atoms with van der Waals surface area (Å²) in [5, 5.41) is 9.67. The van der Waals surface area contributed by atoms with Crippen molar-refractivity contribution in [1.82, 2.24) is 0 Å². The molecule has 0 amide bonds. The average molecular weight is 639 g/mol. The van der Waals surface area contributed by atoms with E-state index in [4.69, 9.17) is 15.2 Å². The summed E-state index contributed by atoms with van der Waals surface area (Å²) in [6, 6.07) is 41.1. The van der Waals surface area contributed by atoms with Crippen molar-refractivity contribution in [1.29, 1.82) is 0 Å². The molecule has 1 heterocycles. The van der Waals surface area contributed by atoms with E-state index in [0.717, 1.165) is 21.6 Å². The molecule has 5 aromatic carbocycles. The molecule has 4 atom stereocenters. The van der Waals surface area contributed by atoms with E-state index in [1.165, 1.54) is 0 Å². The number of sulfonamides is 1. The van der Waals surface area contributed by atoms with Crippen LogP contribution in [0.15, 0.2) is 143 Å². The van der Waals surface area contributed by atoms with Crippen molar-refractivity contribution in [2.24, 2.45) is 0 Å². The quantitative estimate of drug-likeness (QED) is 0.109. The van der Waals surface area contributed by atoms with Crippen molar-refractivity contribution in [2.45, 2.75) is 40.8 Å². The zero-order chi connectivity index (χ0) is 31.2. The molecule has 7 nitrogen and oxygen atoms in total. The molecule has 45 heavy (non-hydrogen) atoms. The number of para-hydroxylation sites is 1. The molecule has 0 bridgehead atoms. The minimum absolute atomic E-state index is 0.0525. The normalized spacial score (nSPS) is 20.0. The Labute approximate surface area is 268 Å². The van der Waals surface area contributed by atoms with E-state index in [9.17, 15) is 13.5 Å². The van der Waals surface area contributed by atoms with Crippen LogP contribution in [0, 0.1) is 0 Å². The number of hydrogen-bond acceptors (Lipinski definition) is 7. The molecule has 1 aliphatic rings. The highest BCUT2D eigenvalue weighted by Gasteiger charge is 2.42. The zero-order valence-corrected chi connectivity index (χ0v) is 26.0. The zero-order valence-electron chi connectivity index (χ0n) is 24.4. The van der Waals surface area contributed by atoms with Crippen LogP contribution >= 0.6 is 11.8 Å². The largest absolute Gasteiger partial charge is 0.398 e. The summed E-state index contributed by atoms with van der Waals surface area (Å²) < 4.78 is 42.4. The molecule has 1 aliphatic heterocycles. The first-order valence-corrected chi connectivity index (χ1v) is 17.1. The van der Waals surface area contributed by atoms with Crippen molar-refractivity contribution < 1.29 is 23.0 Å². The molecule has 9 heteroatoms. The summed E-state index contributed by atoms with van der Waals surface area (Å²) >= 11 is 1.63. The Bertz CT molecular complexity index is 1820. The predicted octanol–water partition coefficient (Wildman–Crippen LogP) is 7.29. The number of ether oxygens (including phenoxy) is 2. The molecule has 230 valence electrons. The number of anilines is 2. The van der Waals surface area contributed by atoms with Gasteiger partial charge in [-0.15, -0.1) is 11.8 Å². The maximum Gasteiger partial charge on any atom is 0.261 e. The molecule has 0 aromatic heterocycles. The smallest absolute Gasteiger partial charge is 0.261 e. The van der Waals surface area contributed by atoms with Gasteiger partial charge in [0.1, 0.15) is 0 Å². The van der Waals surface area contributed by atoms with Gasteiger partial charge in [0.2, 0.25) is 0 Å². The van der Waals surface area contributed by atoms with Gasteiger partial charge >= 0.3 is 0 Å². The maximum atomic E-state index is 13.1. The highest BCUT2D eigenvalue weighted by atomic mass is 32.2. The van der Waals surface area contributed by atoms with Crippen LogP contribution in [-0.4, -0.2) is 25.4 Å². The van der Waals surface area contributed by atoms with E-state index < -0.39 is 22.4 Å². The Morgan fingerprint density at radius 3 is 2.11 bits per heavy atom. The Balaban J connectivity index is 1.36. The third-order valence-electron chi connectivity index (χ3n) is 7.76. The summed E-state index contributed by atoms with van der Waals surface area (Å²) in [7, 11) is -3.79. The second-order valence-electron chi connectivity index (χ2n) is 10.8. The highest BCUT2D eigenvalue weighted by Crippen LogP contribution is 2.48. The second kappa shape index (κ2) is 13.9. The first kappa shape index (κ1) is 30.9. The van der Waals surface area contributed by atoms with Gasteiger partial charge in [0, 0.05) is 33.5 Å². The molecule has 0 saturated carbocycles. The van der Waals surface area contributed by atoms with Crippen LogP contribution in [0.2, 0.25) is 0 Å². The third-order valence-corrected chi connectivity index (χ3v) is 10.3. The SMILES string of the molecule is Nc1ccccc1SC[C@H]1OC(c2cccc(NS(=O)(=O)c3ccccc3)c2)O[C@@H](c2ccc(CO)cc2)[C@@H]1c1ccccc1. The number of nitrogens with one attached hydrogen (secondary N) is 1. The molecule has 1 saturated heterocycles. The van der Waals surface area contributed by atoms with Gasteiger partial charge in [0.25, 0.3) is 10.0 Å². The van der Waals surface area contributed by atoms with Crippen LogP contribution < -0.4 is 10.5 Å². The second-order valence-corrected chi connectivity index (χ2v) is 13.5. The van der Waals surface area contributed by atoms with E-state index in [1.807, 2.05) is 72.8 Å². The molecule has 0 spiro atoms. The topological polar surface area (TPSA) is 111 Å². The fraction of sp³-hybridized carbons (Fsp3) is 0.167. The number of thioether (sulfide) groups is 1. The van der Waals surface area contributed by atoms with Crippen LogP contribution in [0.3, 0.4) is 0 Å². The van der Waals surface area contributed by atoms with Crippen LogP contribution in [0.1, 0.15) is 40.6 Å². The number of aliphatic hydroxyl groups excluding tert-OH is 1. The molecule has 5 aromatic rings. The molecule has 1 fully saturated rings. The molecular formula is C36H34N2O5S2. The van der Waals surface area contributed by atoms with Gasteiger partial charge in [-0.3, -0.25) is 4.72 Å². The van der Waals surface area contributed by atoms with Crippen molar-refractivity contribution >= 4 is 33.2 Å². The van der Waals surface area contributed by atoms with Gasteiger partial charge in [0.15, 0.2) is 6.29 Å². The lowest BCUT2D eigenvalue weighted by atomic mass is 9.84. The summed E-state index contributed by atoms with van der Waals surface area (Å²) in [6.45, 7) is -0.0525. The molecule has 1 unspecified atom stereocenters. The number of aliphatic hydroxyl groups is 1. The molecular weight excluding hydrogens is 605 g/mol. The van der Waals surface area contributed by atoms with Gasteiger partial charge in [-0.2, -0.15) is 0 Å². The maximum absolute atomic E-state index is 13.1. The summed E-state index contributed by atoms with van der Waals surface area (Å²) in [6.07, 6.45) is -1.49. The Morgan fingerprint density at radius 1 is 0.733 bits per heavy atom. The van der Waals surface area contributed by atoms with Crippen molar-refractivity contribution in [3.63, 3.8) is 0 Å². The van der Waals surface area contributed by atoms with E-state index in [2.05, 4.69) is 16.9 Å². The van der Waals surface area contributed by atoms with E-state index in [0.29, 0.717) is 22.7 Å². The fourth-order valence-corrected chi connectivity index (χ4v) is 7.61. The lowest BCUT2D eigenvalue weighted by Gasteiger charge is -2.43. The summed E-state index contributed by atoms with van der Waals surface area (Å²) in [4.78, 5) is 1.15. The van der Waals surface area contributed by atoms with Crippen LogP contribution in [0.25, 0.3) is 0 Å². The van der Waals surface area contributed by atoms with E-state index in [-0.39, 0.29) is 23.5 Å². The monoisotopic (exact) mass is 638 g/mol. The lowest BCUT2D eigenvalue weighted by Crippen LogP contribution is -2.38. The fourth-order valence-electron chi connectivity index (χ4n) is 5.50.